The van der Waals surface area contributed by atoms with Crippen molar-refractivity contribution >= 4 is 28.9 Å². The topological polar surface area (TPSA) is 132 Å². The predicted molar refractivity (Wildman–Crippen MR) is 120 cm³/mol. The normalized spacial score (nSPS) is 18.2. The lowest BCUT2D eigenvalue weighted by molar-refractivity contribution is 0.0439. The van der Waals surface area contributed by atoms with Gasteiger partial charge >= 0.3 is 12.1 Å². The smallest absolute Gasteiger partial charge is 0.408 e. The molecular weight excluding hydrogens is 410 g/mol. The highest BCUT2D eigenvalue weighted by Gasteiger charge is 2.36. The standard InChI is InChI=1S/C23H27N5O4/c1-22(2,3)32-21(31)27-23(4)10-9-15-16(13-5-7-14(8-6-13)20(29)30)17-18(24)25-12-26-19(17)28(15)11-23/h5-8,12H,9-11H2,1-4H3,(H,27,31)(H,29,30)(H2,24,25,26)/t23-/m0/s1. The van der Waals surface area contributed by atoms with Gasteiger partial charge in [-0.3, -0.25) is 0 Å². The second-order valence-corrected chi connectivity index (χ2v) is 9.44. The number of hydrogen-bond acceptors (Lipinski definition) is 6. The molecule has 3 heterocycles. The van der Waals surface area contributed by atoms with E-state index in [0.29, 0.717) is 30.9 Å². The molecule has 0 spiro atoms. The van der Waals surface area contributed by atoms with Crippen molar-refractivity contribution in [3.8, 4) is 11.1 Å². The largest absolute Gasteiger partial charge is 0.478 e. The van der Waals surface area contributed by atoms with Crippen LogP contribution in [0, 0.1) is 0 Å². The summed E-state index contributed by atoms with van der Waals surface area (Å²) in [6.45, 7) is 7.96. The number of nitrogens with one attached hydrogen (secondary N) is 1. The number of rotatable bonds is 3. The first-order valence-corrected chi connectivity index (χ1v) is 10.4. The Bertz CT molecular complexity index is 1210. The number of carboxylic acid groups (broad SMARTS) is 1. The highest BCUT2D eigenvalue weighted by molar-refractivity contribution is 6.03. The van der Waals surface area contributed by atoms with Gasteiger partial charge in [-0.15, -0.1) is 0 Å². The summed E-state index contributed by atoms with van der Waals surface area (Å²) >= 11 is 0. The van der Waals surface area contributed by atoms with Gasteiger partial charge in [0.1, 0.15) is 23.4 Å². The molecule has 9 heteroatoms. The highest BCUT2D eigenvalue weighted by Crippen LogP contribution is 2.41. The Balaban J connectivity index is 1.77. The van der Waals surface area contributed by atoms with Gasteiger partial charge in [0.05, 0.1) is 16.5 Å². The van der Waals surface area contributed by atoms with Crippen molar-refractivity contribution in [2.45, 2.75) is 58.2 Å². The zero-order valence-electron chi connectivity index (χ0n) is 18.6. The van der Waals surface area contributed by atoms with Crippen LogP contribution in [0.2, 0.25) is 0 Å². The van der Waals surface area contributed by atoms with Gasteiger partial charge in [0, 0.05) is 17.8 Å². The Labute approximate surface area is 185 Å². The summed E-state index contributed by atoms with van der Waals surface area (Å²) in [6, 6.07) is 6.70. The van der Waals surface area contributed by atoms with Gasteiger partial charge in [-0.05, 0) is 58.2 Å². The number of alkyl carbamates (subject to hydrolysis) is 1. The molecule has 4 rings (SSSR count). The number of aromatic carboxylic acids is 1. The van der Waals surface area contributed by atoms with Gasteiger partial charge in [0.15, 0.2) is 0 Å². The molecule has 0 bridgehead atoms. The number of nitrogens with two attached hydrogens (primary N) is 1. The van der Waals surface area contributed by atoms with Crippen molar-refractivity contribution in [2.75, 3.05) is 5.73 Å². The van der Waals surface area contributed by atoms with Crippen molar-refractivity contribution in [2.24, 2.45) is 0 Å². The second kappa shape index (κ2) is 7.51. The quantitative estimate of drug-likeness (QED) is 0.570. The molecule has 168 valence electrons. The number of hydrogen-bond donors (Lipinski definition) is 3. The summed E-state index contributed by atoms with van der Waals surface area (Å²) in [7, 11) is 0. The van der Waals surface area contributed by atoms with Gasteiger partial charge in [-0.2, -0.15) is 0 Å². The third-order valence-electron chi connectivity index (χ3n) is 5.62. The summed E-state index contributed by atoms with van der Waals surface area (Å²) in [5.41, 5.74) is 8.80. The molecule has 3 aromatic rings. The number of anilines is 1. The van der Waals surface area contributed by atoms with Crippen molar-refractivity contribution < 1.29 is 19.4 Å². The molecule has 0 unspecified atom stereocenters. The molecule has 4 N–H and O–H groups in total. The summed E-state index contributed by atoms with van der Waals surface area (Å²) in [5, 5.41) is 13.0. The first-order valence-electron chi connectivity index (χ1n) is 10.4. The molecule has 0 saturated heterocycles. The lowest BCUT2D eigenvalue weighted by Gasteiger charge is -2.36. The number of carbonyl (C=O) groups is 2. The number of carbonyl (C=O) groups excluding carboxylic acids is 1. The molecule has 1 aliphatic heterocycles. The Morgan fingerprint density at radius 1 is 1.22 bits per heavy atom. The summed E-state index contributed by atoms with van der Waals surface area (Å²) in [4.78, 5) is 32.4. The Morgan fingerprint density at radius 2 is 1.91 bits per heavy atom. The van der Waals surface area contributed by atoms with E-state index in [0.717, 1.165) is 22.2 Å². The predicted octanol–water partition coefficient (Wildman–Crippen LogP) is 3.61. The van der Waals surface area contributed by atoms with Crippen LogP contribution in [0.1, 0.15) is 50.2 Å². The number of benzene rings is 1. The average Bonchev–Trinajstić information content (AvgIpc) is 3.01. The Hall–Kier alpha value is -3.62. The minimum Gasteiger partial charge on any atom is -0.478 e. The van der Waals surface area contributed by atoms with Crippen LogP contribution in [0.3, 0.4) is 0 Å². The molecule has 0 aliphatic carbocycles. The number of nitrogen functional groups attached to an aromatic ring is 1. The maximum atomic E-state index is 12.4. The molecule has 0 saturated carbocycles. The van der Waals surface area contributed by atoms with E-state index in [9.17, 15) is 14.7 Å². The Kier molecular flexibility index (Phi) is 5.07. The van der Waals surface area contributed by atoms with Crippen LogP contribution in [0.25, 0.3) is 22.2 Å². The van der Waals surface area contributed by atoms with Crippen molar-refractivity contribution in [1.29, 1.82) is 0 Å². The number of nitrogens with zero attached hydrogens (tertiary/aromatic N) is 3. The fraction of sp³-hybridized carbons (Fsp3) is 0.391. The van der Waals surface area contributed by atoms with Gasteiger partial charge in [0.2, 0.25) is 0 Å². The monoisotopic (exact) mass is 437 g/mol. The Morgan fingerprint density at radius 3 is 2.53 bits per heavy atom. The van der Waals surface area contributed by atoms with E-state index in [2.05, 4.69) is 19.9 Å². The zero-order chi connectivity index (χ0) is 23.3. The molecule has 9 nitrogen and oxygen atoms in total. The van der Waals surface area contributed by atoms with E-state index in [-0.39, 0.29) is 5.56 Å². The minimum absolute atomic E-state index is 0.212. The van der Waals surface area contributed by atoms with Gasteiger partial charge in [-0.1, -0.05) is 12.1 Å². The molecule has 0 radical (unpaired) electrons. The zero-order valence-corrected chi connectivity index (χ0v) is 18.6. The summed E-state index contributed by atoms with van der Waals surface area (Å²) in [6.07, 6.45) is 2.32. The fourth-order valence-electron chi connectivity index (χ4n) is 4.24. The van der Waals surface area contributed by atoms with E-state index < -0.39 is 23.2 Å². The highest BCUT2D eigenvalue weighted by atomic mass is 16.6. The van der Waals surface area contributed by atoms with E-state index in [1.807, 2.05) is 27.7 Å². The third kappa shape index (κ3) is 3.98. The van der Waals surface area contributed by atoms with Crippen molar-refractivity contribution in [1.82, 2.24) is 19.9 Å². The SMILES string of the molecule is CC(C)(C)OC(=O)N[C@@]1(C)CCc2c(-c3ccc(C(=O)O)cc3)c3c(N)ncnc3n2C1. The number of amides is 1. The maximum absolute atomic E-state index is 12.4. The summed E-state index contributed by atoms with van der Waals surface area (Å²) < 4.78 is 7.52. The van der Waals surface area contributed by atoms with Crippen LogP contribution in [0.4, 0.5) is 10.6 Å². The van der Waals surface area contributed by atoms with Crippen LogP contribution >= 0.6 is 0 Å². The number of ether oxygens (including phenoxy) is 1. The van der Waals surface area contributed by atoms with Gasteiger partial charge in [-0.25, -0.2) is 19.6 Å². The lowest BCUT2D eigenvalue weighted by Crippen LogP contribution is -2.52. The molecule has 1 aliphatic rings. The molecule has 1 amide bonds. The lowest BCUT2D eigenvalue weighted by atomic mass is 9.89. The maximum Gasteiger partial charge on any atom is 0.408 e. The third-order valence-corrected chi connectivity index (χ3v) is 5.62. The molecule has 32 heavy (non-hydrogen) atoms. The molecule has 2 aromatic heterocycles. The number of fused-ring (bicyclic) bond motifs is 3. The molecule has 0 fully saturated rings. The fourth-order valence-corrected chi connectivity index (χ4v) is 4.24. The van der Waals surface area contributed by atoms with Gasteiger partial charge in [0.25, 0.3) is 0 Å². The van der Waals surface area contributed by atoms with Crippen LogP contribution in [0.5, 0.6) is 0 Å². The number of aromatic nitrogens is 3. The van der Waals surface area contributed by atoms with Crippen LogP contribution in [-0.4, -0.2) is 42.8 Å². The van der Waals surface area contributed by atoms with Crippen molar-refractivity contribution in [3.63, 3.8) is 0 Å². The number of carboxylic acids is 1. The molecule has 1 atom stereocenters. The first kappa shape index (κ1) is 21.6. The van der Waals surface area contributed by atoms with Gasteiger partial charge < -0.3 is 25.5 Å². The van der Waals surface area contributed by atoms with E-state index in [1.165, 1.54) is 6.33 Å². The summed E-state index contributed by atoms with van der Waals surface area (Å²) in [5.74, 6) is -0.622. The van der Waals surface area contributed by atoms with E-state index in [4.69, 9.17) is 10.5 Å². The van der Waals surface area contributed by atoms with Crippen LogP contribution in [-0.2, 0) is 17.7 Å². The molecule has 1 aromatic carbocycles. The average molecular weight is 438 g/mol. The minimum atomic E-state index is -0.979. The second-order valence-electron chi connectivity index (χ2n) is 9.44. The van der Waals surface area contributed by atoms with Crippen molar-refractivity contribution in [3.05, 3.63) is 41.9 Å². The van der Waals surface area contributed by atoms with E-state index >= 15 is 0 Å². The van der Waals surface area contributed by atoms with E-state index in [1.54, 1.807) is 24.3 Å². The molecular formula is C23H27N5O4. The van der Waals surface area contributed by atoms with Crippen LogP contribution < -0.4 is 11.1 Å². The first-order chi connectivity index (χ1) is 15.0. The van der Waals surface area contributed by atoms with Crippen LogP contribution in [0.15, 0.2) is 30.6 Å².